The Morgan fingerprint density at radius 1 is 1.64 bits per heavy atom. The number of nitro benzene ring substituents is 1. The second kappa shape index (κ2) is 4.60. The summed E-state index contributed by atoms with van der Waals surface area (Å²) < 4.78 is 0. The molecule has 0 heterocycles. The molecule has 14 heavy (non-hydrogen) atoms. The van der Waals surface area contributed by atoms with Crippen LogP contribution in [0.4, 0.5) is 5.69 Å². The minimum atomic E-state index is -0.403. The van der Waals surface area contributed by atoms with Gasteiger partial charge in [-0.15, -0.1) is 0 Å². The van der Waals surface area contributed by atoms with E-state index in [4.69, 9.17) is 0 Å². The van der Waals surface area contributed by atoms with Crippen molar-refractivity contribution in [2.75, 3.05) is 0 Å². The zero-order valence-corrected chi connectivity index (χ0v) is 8.37. The molecule has 0 aliphatic carbocycles. The average Bonchev–Trinajstić information content (AvgIpc) is 2.16. The highest BCUT2D eigenvalue weighted by atomic mass is 32.1. The van der Waals surface area contributed by atoms with E-state index >= 15 is 0 Å². The van der Waals surface area contributed by atoms with Gasteiger partial charge in [0.2, 0.25) is 0 Å². The van der Waals surface area contributed by atoms with Crippen molar-refractivity contribution < 1.29 is 4.92 Å². The first-order valence-corrected chi connectivity index (χ1v) is 4.34. The number of benzene rings is 1. The van der Waals surface area contributed by atoms with E-state index in [0.29, 0.717) is 12.1 Å². The molecule has 0 amide bonds. The lowest BCUT2D eigenvalue weighted by atomic mass is 10.1. The van der Waals surface area contributed by atoms with Crippen molar-refractivity contribution in [2.24, 2.45) is 4.99 Å². The van der Waals surface area contributed by atoms with Gasteiger partial charge in [-0.3, -0.25) is 10.1 Å². The molecule has 0 aromatic heterocycles. The number of isothiocyanates is 1. The predicted octanol–water partition coefficient (Wildman–Crippen LogP) is 2.51. The number of aliphatic imine (C=N–C) groups is 1. The van der Waals surface area contributed by atoms with E-state index in [1.54, 1.807) is 19.1 Å². The number of hydrogen-bond donors (Lipinski definition) is 0. The molecule has 0 saturated heterocycles. The molecular weight excluding hydrogens is 200 g/mol. The van der Waals surface area contributed by atoms with Crippen molar-refractivity contribution in [1.82, 2.24) is 0 Å². The maximum absolute atomic E-state index is 10.6. The molecule has 72 valence electrons. The molecule has 0 aliphatic rings. The smallest absolute Gasteiger partial charge is 0.258 e. The van der Waals surface area contributed by atoms with Gasteiger partial charge in [0.15, 0.2) is 0 Å². The van der Waals surface area contributed by atoms with Gasteiger partial charge in [-0.05, 0) is 24.7 Å². The van der Waals surface area contributed by atoms with Crippen molar-refractivity contribution >= 4 is 23.1 Å². The van der Waals surface area contributed by atoms with Crippen LogP contribution in [0.3, 0.4) is 0 Å². The highest BCUT2D eigenvalue weighted by molar-refractivity contribution is 7.78. The molecule has 0 atom stereocenters. The first kappa shape index (κ1) is 10.5. The van der Waals surface area contributed by atoms with Crippen LogP contribution in [0.25, 0.3) is 0 Å². The maximum atomic E-state index is 10.6. The Hall–Kier alpha value is -1.58. The largest absolute Gasteiger partial charge is 0.272 e. The van der Waals surface area contributed by atoms with Crippen LogP contribution in [0.2, 0.25) is 0 Å². The summed E-state index contributed by atoms with van der Waals surface area (Å²) in [5.74, 6) is 0. The lowest BCUT2D eigenvalue weighted by molar-refractivity contribution is -0.385. The Labute approximate surface area is 86.4 Å². The zero-order valence-electron chi connectivity index (χ0n) is 7.56. The highest BCUT2D eigenvalue weighted by Gasteiger charge is 2.12. The molecule has 0 unspecified atom stereocenters. The molecule has 1 rings (SSSR count). The Morgan fingerprint density at radius 3 is 2.93 bits per heavy atom. The van der Waals surface area contributed by atoms with Gasteiger partial charge in [-0.1, -0.05) is 12.1 Å². The maximum Gasteiger partial charge on any atom is 0.272 e. The molecule has 0 radical (unpaired) electrons. The Kier molecular flexibility index (Phi) is 3.45. The van der Waals surface area contributed by atoms with Gasteiger partial charge in [0.25, 0.3) is 5.69 Å². The van der Waals surface area contributed by atoms with Crippen LogP contribution in [-0.4, -0.2) is 10.1 Å². The summed E-state index contributed by atoms with van der Waals surface area (Å²) in [5, 5.41) is 12.8. The van der Waals surface area contributed by atoms with Crippen LogP contribution in [-0.2, 0) is 6.54 Å². The molecule has 4 nitrogen and oxygen atoms in total. The second-order valence-corrected chi connectivity index (χ2v) is 2.91. The number of thiocarbonyl (C=S) groups is 1. The number of nitrogens with zero attached hydrogens (tertiary/aromatic N) is 2. The van der Waals surface area contributed by atoms with Crippen LogP contribution in [0.15, 0.2) is 23.2 Å². The average molecular weight is 208 g/mol. The summed E-state index contributed by atoms with van der Waals surface area (Å²) in [6.07, 6.45) is 0. The fraction of sp³-hybridized carbons (Fsp3) is 0.222. The summed E-state index contributed by atoms with van der Waals surface area (Å²) in [4.78, 5) is 13.9. The highest BCUT2D eigenvalue weighted by Crippen LogP contribution is 2.21. The van der Waals surface area contributed by atoms with Gasteiger partial charge >= 0.3 is 0 Å². The van der Waals surface area contributed by atoms with Crippen molar-refractivity contribution in [1.29, 1.82) is 0 Å². The third kappa shape index (κ3) is 2.22. The van der Waals surface area contributed by atoms with Gasteiger partial charge in [0.05, 0.1) is 16.6 Å². The molecule has 0 spiro atoms. The Morgan fingerprint density at radius 2 is 2.36 bits per heavy atom. The van der Waals surface area contributed by atoms with E-state index in [0.717, 1.165) is 5.56 Å². The van der Waals surface area contributed by atoms with Gasteiger partial charge in [-0.25, -0.2) is 4.99 Å². The number of nitro groups is 1. The van der Waals surface area contributed by atoms with Gasteiger partial charge in [0.1, 0.15) is 0 Å². The molecule has 0 fully saturated rings. The topological polar surface area (TPSA) is 55.5 Å². The van der Waals surface area contributed by atoms with E-state index in [1.807, 2.05) is 0 Å². The van der Waals surface area contributed by atoms with E-state index in [2.05, 4.69) is 22.4 Å². The first-order valence-electron chi connectivity index (χ1n) is 3.93. The normalized spacial score (nSPS) is 9.21. The predicted molar refractivity (Wildman–Crippen MR) is 56.6 cm³/mol. The summed E-state index contributed by atoms with van der Waals surface area (Å²) in [5.41, 5.74) is 1.55. The standard InChI is InChI=1S/C9H8N2O2S/c1-7-8(5-10-6-14)3-2-4-9(7)11(12)13/h2-4H,5H2,1H3. The summed E-state index contributed by atoms with van der Waals surface area (Å²) in [6, 6.07) is 4.90. The van der Waals surface area contributed by atoms with Crippen LogP contribution < -0.4 is 0 Å². The van der Waals surface area contributed by atoms with Crippen LogP contribution >= 0.6 is 12.2 Å². The lowest BCUT2D eigenvalue weighted by Gasteiger charge is -2.01. The van der Waals surface area contributed by atoms with Crippen LogP contribution in [0.5, 0.6) is 0 Å². The van der Waals surface area contributed by atoms with Crippen LogP contribution in [0, 0.1) is 17.0 Å². The summed E-state index contributed by atoms with van der Waals surface area (Å²) >= 11 is 4.43. The third-order valence-corrected chi connectivity index (χ3v) is 2.06. The van der Waals surface area contributed by atoms with Gasteiger partial charge < -0.3 is 0 Å². The van der Waals surface area contributed by atoms with E-state index in [-0.39, 0.29) is 5.69 Å². The molecule has 0 saturated carbocycles. The Balaban J connectivity index is 3.13. The molecular formula is C9H8N2O2S. The molecule has 5 heteroatoms. The molecule has 1 aromatic rings. The van der Waals surface area contributed by atoms with E-state index < -0.39 is 4.92 Å². The van der Waals surface area contributed by atoms with E-state index in [9.17, 15) is 10.1 Å². The van der Waals surface area contributed by atoms with Gasteiger partial charge in [0, 0.05) is 11.6 Å². The fourth-order valence-corrected chi connectivity index (χ4v) is 1.22. The lowest BCUT2D eigenvalue weighted by Crippen LogP contribution is -1.95. The van der Waals surface area contributed by atoms with Gasteiger partial charge in [-0.2, -0.15) is 0 Å². The van der Waals surface area contributed by atoms with Crippen molar-refractivity contribution in [3.8, 4) is 0 Å². The minimum Gasteiger partial charge on any atom is -0.258 e. The summed E-state index contributed by atoms with van der Waals surface area (Å²) in [6.45, 7) is 2.05. The van der Waals surface area contributed by atoms with Crippen LogP contribution in [0.1, 0.15) is 11.1 Å². The quantitative estimate of drug-likeness (QED) is 0.332. The van der Waals surface area contributed by atoms with Crippen molar-refractivity contribution in [3.05, 3.63) is 39.4 Å². The third-order valence-electron chi connectivity index (χ3n) is 1.93. The monoisotopic (exact) mass is 208 g/mol. The molecule has 1 aromatic carbocycles. The van der Waals surface area contributed by atoms with Crippen molar-refractivity contribution in [2.45, 2.75) is 13.5 Å². The number of rotatable bonds is 3. The molecule has 0 bridgehead atoms. The fourth-order valence-electron chi connectivity index (χ4n) is 1.16. The zero-order chi connectivity index (χ0) is 10.6. The number of hydrogen-bond acceptors (Lipinski definition) is 4. The summed E-state index contributed by atoms with van der Waals surface area (Å²) in [7, 11) is 0. The van der Waals surface area contributed by atoms with Crippen molar-refractivity contribution in [3.63, 3.8) is 0 Å². The minimum absolute atomic E-state index is 0.113. The molecule has 0 aliphatic heterocycles. The Bertz CT molecular complexity index is 411. The van der Waals surface area contributed by atoms with E-state index in [1.165, 1.54) is 6.07 Å². The first-order chi connectivity index (χ1) is 6.66. The molecule has 0 N–H and O–H groups in total. The second-order valence-electron chi connectivity index (χ2n) is 2.73. The SMILES string of the molecule is Cc1c(CN=C=S)cccc1[N+](=O)[O-].